The van der Waals surface area contributed by atoms with E-state index < -0.39 is 9.84 Å². The van der Waals surface area contributed by atoms with E-state index in [-0.39, 0.29) is 11.3 Å². The molecular weight excluding hydrogens is 236 g/mol. The van der Waals surface area contributed by atoms with E-state index in [1.807, 2.05) is 20.8 Å². The topological polar surface area (TPSA) is 58.9 Å². The molecule has 1 rings (SSSR count). The van der Waals surface area contributed by atoms with Gasteiger partial charge in [0.1, 0.15) is 0 Å². The van der Waals surface area contributed by atoms with Gasteiger partial charge >= 0.3 is 0 Å². The highest BCUT2D eigenvalue weighted by atomic mass is 32.2. The minimum absolute atomic E-state index is 0.107. The van der Waals surface area contributed by atoms with Gasteiger partial charge in [-0.15, -0.1) is 0 Å². The molecule has 0 bridgehead atoms. The molecule has 0 spiro atoms. The molecule has 0 aliphatic rings. The van der Waals surface area contributed by atoms with Gasteiger partial charge in [-0.05, 0) is 45.0 Å². The first-order chi connectivity index (χ1) is 7.74. The lowest BCUT2D eigenvalue weighted by Crippen LogP contribution is -2.07. The summed E-state index contributed by atoms with van der Waals surface area (Å²) in [6.07, 6.45) is 0. The molecule has 17 heavy (non-hydrogen) atoms. The standard InChI is InChI=1S/C12H18N2O2S/c1-5-17(15,16)11-8-6-10(7-9-11)13-14-12(2,3)4/h6-9H,5H2,1-4H3. The average molecular weight is 254 g/mol. The number of benzene rings is 1. The highest BCUT2D eigenvalue weighted by Crippen LogP contribution is 2.19. The quantitative estimate of drug-likeness (QED) is 0.776. The van der Waals surface area contributed by atoms with Gasteiger partial charge in [-0.25, -0.2) is 8.42 Å². The van der Waals surface area contributed by atoms with Crippen molar-refractivity contribution in [1.29, 1.82) is 0 Å². The first-order valence-corrected chi connectivity index (χ1v) is 7.15. The fourth-order valence-corrected chi connectivity index (χ4v) is 1.98. The van der Waals surface area contributed by atoms with Gasteiger partial charge in [-0.2, -0.15) is 10.2 Å². The van der Waals surface area contributed by atoms with Gasteiger partial charge in [0.05, 0.1) is 21.9 Å². The molecule has 0 heterocycles. The first kappa shape index (κ1) is 13.8. The second kappa shape index (κ2) is 4.96. The van der Waals surface area contributed by atoms with Gasteiger partial charge in [0, 0.05) is 0 Å². The Morgan fingerprint density at radius 3 is 2.06 bits per heavy atom. The van der Waals surface area contributed by atoms with Crippen LogP contribution in [0.15, 0.2) is 39.4 Å². The lowest BCUT2D eigenvalue weighted by Gasteiger charge is -2.08. The number of hydrogen-bond acceptors (Lipinski definition) is 4. The minimum atomic E-state index is -3.13. The Bertz CT molecular complexity index is 496. The summed E-state index contributed by atoms with van der Waals surface area (Å²) in [5.74, 6) is 0.107. The van der Waals surface area contributed by atoms with E-state index in [0.29, 0.717) is 10.6 Å². The van der Waals surface area contributed by atoms with Crippen LogP contribution in [-0.2, 0) is 9.84 Å². The number of sulfone groups is 1. The number of hydrogen-bond donors (Lipinski definition) is 0. The molecule has 94 valence electrons. The van der Waals surface area contributed by atoms with Crippen molar-refractivity contribution in [3.8, 4) is 0 Å². The summed E-state index contributed by atoms with van der Waals surface area (Å²) < 4.78 is 23.2. The average Bonchev–Trinajstić information content (AvgIpc) is 2.26. The third-order valence-corrected chi connectivity index (χ3v) is 3.79. The fourth-order valence-electron chi connectivity index (χ4n) is 1.09. The molecule has 1 aromatic carbocycles. The third kappa shape index (κ3) is 4.26. The van der Waals surface area contributed by atoms with Crippen LogP contribution < -0.4 is 0 Å². The van der Waals surface area contributed by atoms with Crippen molar-refractivity contribution in [3.05, 3.63) is 24.3 Å². The summed E-state index contributed by atoms with van der Waals surface area (Å²) in [4.78, 5) is 0.328. The normalized spacial score (nSPS) is 13.2. The second-order valence-electron chi connectivity index (χ2n) is 4.77. The predicted molar refractivity (Wildman–Crippen MR) is 68.4 cm³/mol. The third-order valence-electron chi connectivity index (χ3n) is 2.04. The maximum Gasteiger partial charge on any atom is 0.178 e. The molecule has 0 N–H and O–H groups in total. The van der Waals surface area contributed by atoms with Gasteiger partial charge in [-0.3, -0.25) is 0 Å². The van der Waals surface area contributed by atoms with E-state index in [0.717, 1.165) is 0 Å². The zero-order valence-corrected chi connectivity index (χ0v) is 11.5. The Labute approximate surface area is 103 Å². The summed E-state index contributed by atoms with van der Waals surface area (Å²) in [5, 5.41) is 8.17. The zero-order valence-electron chi connectivity index (χ0n) is 10.6. The van der Waals surface area contributed by atoms with E-state index in [4.69, 9.17) is 0 Å². The molecule has 1 aromatic rings. The minimum Gasteiger partial charge on any atom is -0.224 e. The van der Waals surface area contributed by atoms with Gasteiger partial charge < -0.3 is 0 Å². The van der Waals surface area contributed by atoms with Crippen LogP contribution in [0.3, 0.4) is 0 Å². The Hall–Kier alpha value is -1.23. The molecule has 4 nitrogen and oxygen atoms in total. The lowest BCUT2D eigenvalue weighted by molar-refractivity contribution is 0.552. The van der Waals surface area contributed by atoms with Crippen molar-refractivity contribution in [2.75, 3.05) is 5.75 Å². The van der Waals surface area contributed by atoms with Crippen LogP contribution in [0.4, 0.5) is 5.69 Å². The smallest absolute Gasteiger partial charge is 0.178 e. The summed E-state index contributed by atoms with van der Waals surface area (Å²) in [7, 11) is -3.13. The highest BCUT2D eigenvalue weighted by molar-refractivity contribution is 7.91. The molecular formula is C12H18N2O2S. The monoisotopic (exact) mass is 254 g/mol. The molecule has 0 amide bonds. The summed E-state index contributed by atoms with van der Waals surface area (Å²) in [6.45, 7) is 7.48. The number of azo groups is 1. The van der Waals surface area contributed by atoms with Gasteiger partial charge in [0.15, 0.2) is 9.84 Å². The second-order valence-corrected chi connectivity index (χ2v) is 7.05. The van der Waals surface area contributed by atoms with E-state index in [9.17, 15) is 8.42 Å². The zero-order chi connectivity index (χ0) is 13.1. The van der Waals surface area contributed by atoms with Gasteiger partial charge in [0.25, 0.3) is 0 Å². The Morgan fingerprint density at radius 1 is 1.12 bits per heavy atom. The van der Waals surface area contributed by atoms with E-state index in [1.54, 1.807) is 31.2 Å². The first-order valence-electron chi connectivity index (χ1n) is 5.50. The van der Waals surface area contributed by atoms with Crippen LogP contribution in [-0.4, -0.2) is 19.7 Å². The van der Waals surface area contributed by atoms with Gasteiger partial charge in [-0.1, -0.05) is 6.92 Å². The molecule has 0 unspecified atom stereocenters. The van der Waals surface area contributed by atoms with Crippen molar-refractivity contribution in [2.45, 2.75) is 38.1 Å². The maximum absolute atomic E-state index is 11.6. The Balaban J connectivity index is 2.94. The van der Waals surface area contributed by atoms with Crippen LogP contribution in [0.5, 0.6) is 0 Å². The SMILES string of the molecule is CCS(=O)(=O)c1ccc(N=NC(C)(C)C)cc1. The Kier molecular flexibility index (Phi) is 4.03. The van der Waals surface area contributed by atoms with E-state index >= 15 is 0 Å². The highest BCUT2D eigenvalue weighted by Gasteiger charge is 2.11. The molecule has 0 saturated heterocycles. The fraction of sp³-hybridized carbons (Fsp3) is 0.500. The Morgan fingerprint density at radius 2 is 1.65 bits per heavy atom. The van der Waals surface area contributed by atoms with Crippen molar-refractivity contribution < 1.29 is 8.42 Å². The number of nitrogens with zero attached hydrogens (tertiary/aromatic N) is 2. The predicted octanol–water partition coefficient (Wildman–Crippen LogP) is 3.36. The van der Waals surface area contributed by atoms with Crippen LogP contribution in [0.25, 0.3) is 0 Å². The van der Waals surface area contributed by atoms with Crippen LogP contribution >= 0.6 is 0 Å². The van der Waals surface area contributed by atoms with Crippen molar-refractivity contribution in [1.82, 2.24) is 0 Å². The summed E-state index contributed by atoms with van der Waals surface area (Å²) in [5.41, 5.74) is 0.434. The number of rotatable bonds is 3. The van der Waals surface area contributed by atoms with Crippen molar-refractivity contribution >= 4 is 15.5 Å². The molecule has 0 aliphatic carbocycles. The van der Waals surface area contributed by atoms with E-state index in [2.05, 4.69) is 10.2 Å². The van der Waals surface area contributed by atoms with Crippen molar-refractivity contribution in [3.63, 3.8) is 0 Å². The van der Waals surface area contributed by atoms with Crippen LogP contribution in [0.1, 0.15) is 27.7 Å². The van der Waals surface area contributed by atoms with Crippen LogP contribution in [0.2, 0.25) is 0 Å². The molecule has 0 fully saturated rings. The van der Waals surface area contributed by atoms with Crippen LogP contribution in [0, 0.1) is 0 Å². The summed E-state index contributed by atoms with van der Waals surface area (Å²) in [6, 6.07) is 6.46. The molecule has 0 saturated carbocycles. The molecule has 0 radical (unpaired) electrons. The summed E-state index contributed by atoms with van der Waals surface area (Å²) >= 11 is 0. The maximum atomic E-state index is 11.6. The van der Waals surface area contributed by atoms with Crippen molar-refractivity contribution in [2.24, 2.45) is 10.2 Å². The largest absolute Gasteiger partial charge is 0.224 e. The molecule has 5 heteroatoms. The molecule has 0 aromatic heterocycles. The molecule has 0 aliphatic heterocycles. The molecule has 0 atom stereocenters. The lowest BCUT2D eigenvalue weighted by atomic mass is 10.1. The van der Waals surface area contributed by atoms with E-state index in [1.165, 1.54) is 0 Å². The van der Waals surface area contributed by atoms with Gasteiger partial charge in [0.2, 0.25) is 0 Å².